The maximum atomic E-state index is 9.65. The topological polar surface area (TPSA) is 107 Å². The third kappa shape index (κ3) is 12.2. The van der Waals surface area contributed by atoms with Gasteiger partial charge < -0.3 is 39.0 Å². The standard InChI is InChI=1S/C32H50O8/c1-24(33)16-36-20-32(21-37-17-25(2)34,22-38-18-26(3)35)23-39-19-27(4)40-30-14-12-29(13-15-30)31(5,6)28-10-8-7-9-11-28/h7-15,24-27,33-35H,16-23H2,1-6H3. The molecule has 0 bridgehead atoms. The highest BCUT2D eigenvalue weighted by Gasteiger charge is 2.33. The Morgan fingerprint density at radius 2 is 0.975 bits per heavy atom. The average molecular weight is 563 g/mol. The molecule has 2 aromatic rings. The van der Waals surface area contributed by atoms with Crippen LogP contribution in [0.4, 0.5) is 0 Å². The van der Waals surface area contributed by atoms with E-state index in [1.54, 1.807) is 20.8 Å². The molecule has 0 aliphatic carbocycles. The van der Waals surface area contributed by atoms with Crippen molar-refractivity contribution in [2.45, 2.75) is 71.4 Å². The average Bonchev–Trinajstić information content (AvgIpc) is 2.89. The molecule has 0 amide bonds. The van der Waals surface area contributed by atoms with E-state index in [0.29, 0.717) is 6.61 Å². The number of aliphatic hydroxyl groups excluding tert-OH is 3. The maximum Gasteiger partial charge on any atom is 0.119 e. The molecule has 0 fully saturated rings. The summed E-state index contributed by atoms with van der Waals surface area (Å²) in [6.07, 6.45) is -2.07. The third-order valence-corrected chi connectivity index (χ3v) is 6.47. The highest BCUT2D eigenvalue weighted by Crippen LogP contribution is 2.32. The van der Waals surface area contributed by atoms with Crippen LogP contribution in [0, 0.1) is 5.41 Å². The van der Waals surface area contributed by atoms with Crippen molar-refractivity contribution < 1.29 is 39.0 Å². The van der Waals surface area contributed by atoms with Crippen molar-refractivity contribution in [3.05, 3.63) is 65.7 Å². The number of benzene rings is 2. The summed E-state index contributed by atoms with van der Waals surface area (Å²) >= 11 is 0. The second-order valence-corrected chi connectivity index (χ2v) is 11.6. The van der Waals surface area contributed by atoms with Crippen molar-refractivity contribution in [2.75, 3.05) is 52.9 Å². The van der Waals surface area contributed by atoms with E-state index < -0.39 is 23.7 Å². The van der Waals surface area contributed by atoms with Gasteiger partial charge in [0.05, 0.1) is 76.6 Å². The summed E-state index contributed by atoms with van der Waals surface area (Å²) in [5, 5.41) is 29.0. The molecule has 226 valence electrons. The molecule has 0 aliphatic heterocycles. The van der Waals surface area contributed by atoms with E-state index in [0.717, 1.165) is 5.75 Å². The largest absolute Gasteiger partial charge is 0.488 e. The summed E-state index contributed by atoms with van der Waals surface area (Å²) in [6, 6.07) is 18.6. The minimum Gasteiger partial charge on any atom is -0.488 e. The molecule has 0 aliphatic rings. The Labute approximate surface area is 240 Å². The summed E-state index contributed by atoms with van der Waals surface area (Å²) in [5.41, 5.74) is 1.62. The Hall–Kier alpha value is -2.04. The zero-order chi connectivity index (χ0) is 29.6. The molecule has 0 spiro atoms. The van der Waals surface area contributed by atoms with E-state index in [4.69, 9.17) is 23.7 Å². The fraction of sp³-hybridized carbons (Fsp3) is 0.625. The van der Waals surface area contributed by atoms with Gasteiger partial charge in [-0.1, -0.05) is 56.3 Å². The third-order valence-electron chi connectivity index (χ3n) is 6.47. The first-order chi connectivity index (χ1) is 18.9. The molecular formula is C32H50O8. The number of aliphatic hydroxyl groups is 3. The second kappa shape index (κ2) is 17.0. The SMILES string of the molecule is CC(O)COCC(COCC(C)O)(COCC(C)O)COCC(C)Oc1ccc(C(C)(C)c2ccccc2)cc1. The van der Waals surface area contributed by atoms with E-state index in [2.05, 4.69) is 50.2 Å². The van der Waals surface area contributed by atoms with Gasteiger partial charge in [0.15, 0.2) is 0 Å². The van der Waals surface area contributed by atoms with Crippen molar-refractivity contribution in [2.24, 2.45) is 5.41 Å². The van der Waals surface area contributed by atoms with Crippen molar-refractivity contribution in [3.63, 3.8) is 0 Å². The van der Waals surface area contributed by atoms with E-state index >= 15 is 0 Å². The molecule has 40 heavy (non-hydrogen) atoms. The van der Waals surface area contributed by atoms with Crippen LogP contribution < -0.4 is 4.74 Å². The normalized spacial score (nSPS) is 16.6. The lowest BCUT2D eigenvalue weighted by Crippen LogP contribution is -2.43. The highest BCUT2D eigenvalue weighted by atomic mass is 16.5. The van der Waals surface area contributed by atoms with Crippen LogP contribution in [-0.4, -0.2) is 92.6 Å². The fourth-order valence-electron chi connectivity index (χ4n) is 4.27. The number of rotatable bonds is 20. The first kappa shape index (κ1) is 34.2. The van der Waals surface area contributed by atoms with E-state index in [1.165, 1.54) is 11.1 Å². The van der Waals surface area contributed by atoms with Crippen LogP contribution in [-0.2, 0) is 24.4 Å². The van der Waals surface area contributed by atoms with E-state index in [-0.39, 0.29) is 57.8 Å². The molecule has 4 atom stereocenters. The Kier molecular flexibility index (Phi) is 14.6. The van der Waals surface area contributed by atoms with Gasteiger partial charge in [0.2, 0.25) is 0 Å². The van der Waals surface area contributed by atoms with Crippen LogP contribution >= 0.6 is 0 Å². The van der Waals surface area contributed by atoms with Gasteiger partial charge in [0.25, 0.3) is 0 Å². The van der Waals surface area contributed by atoms with E-state index in [1.807, 2.05) is 25.1 Å². The molecule has 2 aromatic carbocycles. The van der Waals surface area contributed by atoms with Gasteiger partial charge in [-0.2, -0.15) is 0 Å². The van der Waals surface area contributed by atoms with Gasteiger partial charge in [-0.15, -0.1) is 0 Å². The molecule has 0 saturated carbocycles. The zero-order valence-corrected chi connectivity index (χ0v) is 25.0. The summed E-state index contributed by atoms with van der Waals surface area (Å²) < 4.78 is 29.5. The predicted octanol–water partition coefficient (Wildman–Crippen LogP) is 3.98. The van der Waals surface area contributed by atoms with Crippen LogP contribution in [0.25, 0.3) is 0 Å². The lowest BCUT2D eigenvalue weighted by molar-refractivity contribution is -0.128. The Bertz CT molecular complexity index is 892. The van der Waals surface area contributed by atoms with Crippen molar-refractivity contribution in [1.82, 2.24) is 0 Å². The van der Waals surface area contributed by atoms with Crippen molar-refractivity contribution in [3.8, 4) is 5.75 Å². The molecule has 4 unspecified atom stereocenters. The van der Waals surface area contributed by atoms with Crippen LogP contribution in [0.2, 0.25) is 0 Å². The quantitative estimate of drug-likeness (QED) is 0.223. The number of ether oxygens (including phenoxy) is 5. The second-order valence-electron chi connectivity index (χ2n) is 11.6. The van der Waals surface area contributed by atoms with Crippen molar-refractivity contribution in [1.29, 1.82) is 0 Å². The number of hydrogen-bond donors (Lipinski definition) is 3. The van der Waals surface area contributed by atoms with E-state index in [9.17, 15) is 15.3 Å². The molecule has 8 heteroatoms. The van der Waals surface area contributed by atoms with Gasteiger partial charge in [0, 0.05) is 5.41 Å². The molecule has 8 nitrogen and oxygen atoms in total. The van der Waals surface area contributed by atoms with Crippen LogP contribution in [0.15, 0.2) is 54.6 Å². The first-order valence-corrected chi connectivity index (χ1v) is 14.1. The lowest BCUT2D eigenvalue weighted by Gasteiger charge is -2.34. The number of hydrogen-bond acceptors (Lipinski definition) is 8. The Morgan fingerprint density at radius 1 is 0.575 bits per heavy atom. The predicted molar refractivity (Wildman–Crippen MR) is 156 cm³/mol. The van der Waals surface area contributed by atoms with Gasteiger partial charge in [-0.05, 0) is 51.0 Å². The molecule has 0 heterocycles. The summed E-state index contributed by atoms with van der Waals surface area (Å²) in [5.74, 6) is 0.760. The first-order valence-electron chi connectivity index (χ1n) is 14.1. The van der Waals surface area contributed by atoms with Crippen LogP contribution in [0.1, 0.15) is 52.7 Å². The monoisotopic (exact) mass is 562 g/mol. The molecule has 3 N–H and O–H groups in total. The smallest absolute Gasteiger partial charge is 0.119 e. The van der Waals surface area contributed by atoms with Gasteiger partial charge in [-0.25, -0.2) is 0 Å². The minimum absolute atomic E-state index is 0.125. The summed E-state index contributed by atoms with van der Waals surface area (Å²) in [4.78, 5) is 0. The highest BCUT2D eigenvalue weighted by molar-refractivity contribution is 5.39. The zero-order valence-electron chi connectivity index (χ0n) is 25.0. The Balaban J connectivity index is 2.00. The van der Waals surface area contributed by atoms with Crippen molar-refractivity contribution >= 4 is 0 Å². The molecule has 0 saturated heterocycles. The molecule has 2 rings (SSSR count). The van der Waals surface area contributed by atoms with Crippen LogP contribution in [0.5, 0.6) is 5.75 Å². The van der Waals surface area contributed by atoms with Gasteiger partial charge in [0.1, 0.15) is 11.9 Å². The molecule has 0 radical (unpaired) electrons. The molecule has 0 aromatic heterocycles. The molecular weight excluding hydrogens is 512 g/mol. The maximum absolute atomic E-state index is 9.65. The van der Waals surface area contributed by atoms with Gasteiger partial charge in [-0.3, -0.25) is 0 Å². The summed E-state index contributed by atoms with van der Waals surface area (Å²) in [6.45, 7) is 13.0. The summed E-state index contributed by atoms with van der Waals surface area (Å²) in [7, 11) is 0. The van der Waals surface area contributed by atoms with Crippen LogP contribution in [0.3, 0.4) is 0 Å². The lowest BCUT2D eigenvalue weighted by atomic mass is 9.78. The minimum atomic E-state index is -0.705. The van der Waals surface area contributed by atoms with Gasteiger partial charge >= 0.3 is 0 Å². The Morgan fingerprint density at radius 3 is 1.40 bits per heavy atom. The fourth-order valence-corrected chi connectivity index (χ4v) is 4.27.